The third kappa shape index (κ3) is 1.69. The predicted octanol–water partition coefficient (Wildman–Crippen LogP) is 1.76. The molecule has 3 rings (SSSR count). The lowest BCUT2D eigenvalue weighted by Gasteiger charge is -2.25. The normalized spacial score (nSPS) is 18.2. The van der Waals surface area contributed by atoms with Gasteiger partial charge in [0.15, 0.2) is 5.69 Å². The number of fused-ring (bicyclic) bond motifs is 1. The average Bonchev–Trinajstić information content (AvgIpc) is 2.94. The number of nitrogens with two attached hydrogens (primary N) is 1. The molecular weight excluding hydrogens is 248 g/mol. The van der Waals surface area contributed by atoms with Crippen LogP contribution in [0.2, 0.25) is 0 Å². The first-order chi connectivity index (χ1) is 8.66. The van der Waals surface area contributed by atoms with E-state index in [1.54, 1.807) is 17.4 Å². The number of aromatic nitrogens is 2. The number of nitrogens with zero attached hydrogens (tertiary/aromatic N) is 2. The topological polar surface area (TPSA) is 72.9 Å². The Morgan fingerprint density at radius 1 is 1.67 bits per heavy atom. The fourth-order valence-electron chi connectivity index (χ4n) is 2.31. The minimum Gasteiger partial charge on any atom is -0.370 e. The molecule has 1 unspecified atom stereocenters. The lowest BCUT2D eigenvalue weighted by Crippen LogP contribution is -2.24. The number of thiophene rings is 1. The van der Waals surface area contributed by atoms with Crippen molar-refractivity contribution in [2.45, 2.75) is 19.4 Å². The standard InChI is InChI=1S/C12H14N4OS/c1-7-3-5-18-11(7)9-2-4-14-10-6-8(12(13)17)15-16(9)10/h3,5-6,9,14H,2,4H2,1H3,(H2,13,17). The third-order valence-electron chi connectivity index (χ3n) is 3.21. The zero-order chi connectivity index (χ0) is 12.7. The van der Waals surface area contributed by atoms with Gasteiger partial charge < -0.3 is 11.1 Å². The van der Waals surface area contributed by atoms with Gasteiger partial charge in [-0.2, -0.15) is 5.10 Å². The van der Waals surface area contributed by atoms with E-state index in [0.717, 1.165) is 18.8 Å². The molecule has 0 aromatic carbocycles. The number of amides is 1. The monoisotopic (exact) mass is 262 g/mol. The summed E-state index contributed by atoms with van der Waals surface area (Å²) < 4.78 is 1.88. The highest BCUT2D eigenvalue weighted by molar-refractivity contribution is 7.10. The van der Waals surface area contributed by atoms with Gasteiger partial charge in [-0.3, -0.25) is 4.79 Å². The molecule has 0 spiro atoms. The van der Waals surface area contributed by atoms with E-state index >= 15 is 0 Å². The molecule has 0 fully saturated rings. The molecule has 3 heterocycles. The molecule has 0 saturated heterocycles. The molecule has 1 aliphatic rings. The highest BCUT2D eigenvalue weighted by Crippen LogP contribution is 2.34. The van der Waals surface area contributed by atoms with Crippen molar-refractivity contribution in [2.24, 2.45) is 5.73 Å². The zero-order valence-corrected chi connectivity index (χ0v) is 10.8. The van der Waals surface area contributed by atoms with Gasteiger partial charge in [-0.25, -0.2) is 4.68 Å². The number of hydrogen-bond donors (Lipinski definition) is 2. The van der Waals surface area contributed by atoms with Crippen molar-refractivity contribution >= 4 is 23.1 Å². The minimum atomic E-state index is -0.486. The summed E-state index contributed by atoms with van der Waals surface area (Å²) >= 11 is 1.73. The van der Waals surface area contributed by atoms with Gasteiger partial charge in [0, 0.05) is 17.5 Å². The van der Waals surface area contributed by atoms with Crippen molar-refractivity contribution in [3.8, 4) is 0 Å². The summed E-state index contributed by atoms with van der Waals surface area (Å²) in [5.41, 5.74) is 6.87. The predicted molar refractivity (Wildman–Crippen MR) is 71.0 cm³/mol. The van der Waals surface area contributed by atoms with E-state index in [9.17, 15) is 4.79 Å². The number of anilines is 1. The second-order valence-corrected chi connectivity index (χ2v) is 5.37. The highest BCUT2D eigenvalue weighted by atomic mass is 32.1. The van der Waals surface area contributed by atoms with Gasteiger partial charge in [-0.05, 0) is 30.4 Å². The van der Waals surface area contributed by atoms with Gasteiger partial charge in [0.05, 0.1) is 6.04 Å². The van der Waals surface area contributed by atoms with Crippen LogP contribution >= 0.6 is 11.3 Å². The fourth-order valence-corrected chi connectivity index (χ4v) is 3.36. The van der Waals surface area contributed by atoms with Crippen molar-refractivity contribution in [3.05, 3.63) is 33.6 Å². The molecule has 0 bridgehead atoms. The first-order valence-electron chi connectivity index (χ1n) is 5.84. The average molecular weight is 262 g/mol. The summed E-state index contributed by atoms with van der Waals surface area (Å²) in [6, 6.07) is 4.03. The van der Waals surface area contributed by atoms with Gasteiger partial charge in [-0.1, -0.05) is 0 Å². The van der Waals surface area contributed by atoms with Gasteiger partial charge in [0.1, 0.15) is 5.82 Å². The van der Waals surface area contributed by atoms with E-state index in [1.165, 1.54) is 10.4 Å². The maximum Gasteiger partial charge on any atom is 0.269 e. The van der Waals surface area contributed by atoms with Crippen LogP contribution in [0.25, 0.3) is 0 Å². The van der Waals surface area contributed by atoms with Crippen molar-refractivity contribution in [3.63, 3.8) is 0 Å². The summed E-state index contributed by atoms with van der Waals surface area (Å²) in [5, 5.41) is 9.65. The van der Waals surface area contributed by atoms with Crippen LogP contribution in [0.4, 0.5) is 5.82 Å². The van der Waals surface area contributed by atoms with Crippen LogP contribution in [0, 0.1) is 6.92 Å². The molecule has 3 N–H and O–H groups in total. The van der Waals surface area contributed by atoms with Crippen LogP contribution in [0.3, 0.4) is 0 Å². The van der Waals surface area contributed by atoms with E-state index in [1.807, 2.05) is 4.68 Å². The molecule has 1 aliphatic heterocycles. The molecule has 18 heavy (non-hydrogen) atoms. The van der Waals surface area contributed by atoms with Crippen LogP contribution < -0.4 is 11.1 Å². The van der Waals surface area contributed by atoms with Gasteiger partial charge in [-0.15, -0.1) is 11.3 Å². The first kappa shape index (κ1) is 11.3. The number of nitrogens with one attached hydrogen (secondary N) is 1. The summed E-state index contributed by atoms with van der Waals surface area (Å²) in [6.45, 7) is 2.98. The molecule has 1 amide bonds. The molecular formula is C12H14N4OS. The quantitative estimate of drug-likeness (QED) is 0.866. The summed E-state index contributed by atoms with van der Waals surface area (Å²) in [6.07, 6.45) is 0.967. The van der Waals surface area contributed by atoms with Crippen LogP contribution in [0.1, 0.15) is 33.4 Å². The Morgan fingerprint density at radius 2 is 2.50 bits per heavy atom. The smallest absolute Gasteiger partial charge is 0.269 e. The maximum atomic E-state index is 11.2. The molecule has 2 aromatic rings. The van der Waals surface area contributed by atoms with Gasteiger partial charge in [0.25, 0.3) is 5.91 Å². The third-order valence-corrected chi connectivity index (χ3v) is 4.33. The van der Waals surface area contributed by atoms with E-state index in [4.69, 9.17) is 5.73 Å². The number of rotatable bonds is 2. The minimum absolute atomic E-state index is 0.203. The molecule has 94 valence electrons. The SMILES string of the molecule is Cc1ccsc1C1CCNc2cc(C(N)=O)nn21. The Kier molecular flexibility index (Phi) is 2.59. The summed E-state index contributed by atoms with van der Waals surface area (Å²) in [4.78, 5) is 12.5. The fraction of sp³-hybridized carbons (Fsp3) is 0.333. The molecule has 2 aromatic heterocycles. The number of aryl methyl sites for hydroxylation is 1. The van der Waals surface area contributed by atoms with E-state index in [2.05, 4.69) is 28.8 Å². The molecule has 6 heteroatoms. The van der Waals surface area contributed by atoms with E-state index in [-0.39, 0.29) is 6.04 Å². The van der Waals surface area contributed by atoms with Crippen LogP contribution in [-0.4, -0.2) is 22.2 Å². The molecule has 0 saturated carbocycles. The Morgan fingerprint density at radius 3 is 3.17 bits per heavy atom. The van der Waals surface area contributed by atoms with Crippen molar-refractivity contribution in [2.75, 3.05) is 11.9 Å². The Hall–Kier alpha value is -1.82. The molecule has 5 nitrogen and oxygen atoms in total. The van der Waals surface area contributed by atoms with Crippen LogP contribution in [0.15, 0.2) is 17.5 Å². The van der Waals surface area contributed by atoms with Gasteiger partial charge in [0.2, 0.25) is 0 Å². The summed E-state index contributed by atoms with van der Waals surface area (Å²) in [5.74, 6) is 0.383. The van der Waals surface area contributed by atoms with Crippen LogP contribution in [-0.2, 0) is 0 Å². The van der Waals surface area contributed by atoms with E-state index < -0.39 is 5.91 Å². The zero-order valence-electron chi connectivity index (χ0n) is 10.0. The molecule has 0 aliphatic carbocycles. The van der Waals surface area contributed by atoms with Crippen molar-refractivity contribution < 1.29 is 4.79 Å². The largest absolute Gasteiger partial charge is 0.370 e. The number of carbonyl (C=O) groups is 1. The summed E-state index contributed by atoms with van der Waals surface area (Å²) in [7, 11) is 0. The molecule has 1 atom stereocenters. The Labute approximate surface area is 109 Å². The lowest BCUT2D eigenvalue weighted by molar-refractivity contribution is 0.0994. The molecule has 0 radical (unpaired) electrons. The van der Waals surface area contributed by atoms with Crippen molar-refractivity contribution in [1.82, 2.24) is 9.78 Å². The van der Waals surface area contributed by atoms with E-state index in [0.29, 0.717) is 5.69 Å². The van der Waals surface area contributed by atoms with Crippen molar-refractivity contribution in [1.29, 1.82) is 0 Å². The highest BCUT2D eigenvalue weighted by Gasteiger charge is 2.26. The Balaban J connectivity index is 2.06. The Bertz CT molecular complexity index is 601. The van der Waals surface area contributed by atoms with Crippen LogP contribution in [0.5, 0.6) is 0 Å². The number of hydrogen-bond acceptors (Lipinski definition) is 4. The second kappa shape index (κ2) is 4.13. The first-order valence-corrected chi connectivity index (χ1v) is 6.72. The lowest BCUT2D eigenvalue weighted by atomic mass is 10.1. The maximum absolute atomic E-state index is 11.2. The number of carbonyl (C=O) groups excluding carboxylic acids is 1. The number of primary amides is 1. The second-order valence-electron chi connectivity index (χ2n) is 4.42. The van der Waals surface area contributed by atoms with Gasteiger partial charge >= 0.3 is 0 Å².